The second-order valence-electron chi connectivity index (χ2n) is 5.94. The van der Waals surface area contributed by atoms with Gasteiger partial charge in [0.25, 0.3) is 0 Å². The van der Waals surface area contributed by atoms with E-state index in [0.29, 0.717) is 6.42 Å². The summed E-state index contributed by atoms with van der Waals surface area (Å²) in [6.45, 7) is 6.38. The van der Waals surface area contributed by atoms with Gasteiger partial charge in [-0.25, -0.2) is 0 Å². The van der Waals surface area contributed by atoms with E-state index in [2.05, 4.69) is 17.1 Å². The Bertz CT molecular complexity index is 283. The maximum Gasteiger partial charge on any atom is 0.323 e. The number of piperidine rings is 1. The number of rotatable bonds is 8. The lowest BCUT2D eigenvalue weighted by molar-refractivity contribution is -0.144. The first-order valence-corrected chi connectivity index (χ1v) is 7.70. The summed E-state index contributed by atoms with van der Waals surface area (Å²) in [5.74, 6) is -0.751. The van der Waals surface area contributed by atoms with Crippen molar-refractivity contribution >= 4 is 5.97 Å². The molecular weight excluding hydrogens is 240 g/mol. The van der Waals surface area contributed by atoms with Crippen LogP contribution in [0.2, 0.25) is 0 Å². The van der Waals surface area contributed by atoms with Gasteiger partial charge in [0.2, 0.25) is 0 Å². The van der Waals surface area contributed by atoms with E-state index < -0.39 is 11.5 Å². The van der Waals surface area contributed by atoms with Gasteiger partial charge in [0.05, 0.1) is 0 Å². The summed E-state index contributed by atoms with van der Waals surface area (Å²) in [6.07, 6.45) is 8.02. The maximum absolute atomic E-state index is 11.2. The molecule has 0 bridgehead atoms. The van der Waals surface area contributed by atoms with Crippen molar-refractivity contribution < 1.29 is 9.90 Å². The molecular formula is C15H30N2O2. The molecule has 4 heteroatoms. The standard InChI is InChI=1S/C15H30N2O2/c1-4-13-9-5-7-11-17(13)12-8-6-10-15(2,16-3)14(18)19/h13,16H,4-12H2,1-3H3,(H,18,19). The van der Waals surface area contributed by atoms with Gasteiger partial charge in [-0.3, -0.25) is 4.79 Å². The van der Waals surface area contributed by atoms with Crippen molar-refractivity contribution in [2.45, 2.75) is 70.4 Å². The molecule has 2 atom stereocenters. The van der Waals surface area contributed by atoms with Gasteiger partial charge in [0.15, 0.2) is 0 Å². The molecule has 1 heterocycles. The molecule has 0 radical (unpaired) electrons. The number of carbonyl (C=O) groups is 1. The van der Waals surface area contributed by atoms with E-state index in [9.17, 15) is 9.90 Å². The average Bonchev–Trinajstić information content (AvgIpc) is 2.43. The van der Waals surface area contributed by atoms with E-state index in [1.165, 1.54) is 32.2 Å². The maximum atomic E-state index is 11.2. The SMILES string of the molecule is CCC1CCCCN1CCCCC(C)(NC)C(=O)O. The highest BCUT2D eigenvalue weighted by Crippen LogP contribution is 2.21. The van der Waals surface area contributed by atoms with Crippen LogP contribution in [0.1, 0.15) is 58.8 Å². The Morgan fingerprint density at radius 1 is 1.42 bits per heavy atom. The normalized spacial score (nSPS) is 24.1. The molecule has 0 aromatic carbocycles. The van der Waals surface area contributed by atoms with Gasteiger partial charge in [0, 0.05) is 6.04 Å². The lowest BCUT2D eigenvalue weighted by atomic mass is 9.94. The van der Waals surface area contributed by atoms with Crippen LogP contribution in [-0.2, 0) is 4.79 Å². The summed E-state index contributed by atoms with van der Waals surface area (Å²) in [4.78, 5) is 13.8. The number of hydrogen-bond acceptors (Lipinski definition) is 3. The summed E-state index contributed by atoms with van der Waals surface area (Å²) >= 11 is 0. The van der Waals surface area contributed by atoms with Gasteiger partial charge in [-0.05, 0) is 65.6 Å². The molecule has 1 saturated heterocycles. The molecule has 1 fully saturated rings. The molecule has 1 rings (SSSR count). The lowest BCUT2D eigenvalue weighted by Crippen LogP contribution is -2.47. The lowest BCUT2D eigenvalue weighted by Gasteiger charge is -2.35. The minimum absolute atomic E-state index is 0.698. The third kappa shape index (κ3) is 4.77. The van der Waals surface area contributed by atoms with Crippen molar-refractivity contribution in [1.82, 2.24) is 10.2 Å². The number of carboxylic acid groups (broad SMARTS) is 1. The zero-order chi connectivity index (χ0) is 14.3. The van der Waals surface area contributed by atoms with Gasteiger partial charge in [0.1, 0.15) is 5.54 Å². The van der Waals surface area contributed by atoms with Gasteiger partial charge in [-0.1, -0.05) is 13.3 Å². The minimum atomic E-state index is -0.772. The highest BCUT2D eigenvalue weighted by Gasteiger charge is 2.30. The Morgan fingerprint density at radius 3 is 2.74 bits per heavy atom. The van der Waals surface area contributed by atoms with Crippen LogP contribution in [0, 0.1) is 0 Å². The molecule has 4 nitrogen and oxygen atoms in total. The Morgan fingerprint density at radius 2 is 2.16 bits per heavy atom. The molecule has 0 amide bonds. The minimum Gasteiger partial charge on any atom is -0.480 e. The number of likely N-dealkylation sites (tertiary alicyclic amines) is 1. The van der Waals surface area contributed by atoms with Gasteiger partial charge < -0.3 is 15.3 Å². The van der Waals surface area contributed by atoms with E-state index in [1.54, 1.807) is 14.0 Å². The summed E-state index contributed by atoms with van der Waals surface area (Å²) < 4.78 is 0. The number of nitrogens with one attached hydrogen (secondary N) is 1. The van der Waals surface area contributed by atoms with Crippen LogP contribution < -0.4 is 5.32 Å². The highest BCUT2D eigenvalue weighted by molar-refractivity contribution is 5.78. The molecule has 2 unspecified atom stereocenters. The second-order valence-corrected chi connectivity index (χ2v) is 5.94. The van der Waals surface area contributed by atoms with Crippen molar-refractivity contribution in [1.29, 1.82) is 0 Å². The van der Waals surface area contributed by atoms with Crippen molar-refractivity contribution in [3.63, 3.8) is 0 Å². The fourth-order valence-electron chi connectivity index (χ4n) is 2.95. The first-order chi connectivity index (χ1) is 9.03. The van der Waals surface area contributed by atoms with E-state index >= 15 is 0 Å². The zero-order valence-corrected chi connectivity index (χ0v) is 12.7. The Kier molecular flexibility index (Phi) is 6.80. The van der Waals surface area contributed by atoms with Crippen molar-refractivity contribution in [2.24, 2.45) is 0 Å². The average molecular weight is 270 g/mol. The topological polar surface area (TPSA) is 52.6 Å². The van der Waals surface area contributed by atoms with Crippen molar-refractivity contribution in [3.05, 3.63) is 0 Å². The Balaban J connectivity index is 2.28. The predicted octanol–water partition coefficient (Wildman–Crippen LogP) is 2.48. The zero-order valence-electron chi connectivity index (χ0n) is 12.7. The smallest absolute Gasteiger partial charge is 0.323 e. The van der Waals surface area contributed by atoms with Crippen LogP contribution in [0.15, 0.2) is 0 Å². The highest BCUT2D eigenvalue weighted by atomic mass is 16.4. The Labute approximate surface area is 117 Å². The quantitative estimate of drug-likeness (QED) is 0.665. The fourth-order valence-corrected chi connectivity index (χ4v) is 2.95. The number of nitrogens with zero attached hydrogens (tertiary/aromatic N) is 1. The summed E-state index contributed by atoms with van der Waals surface area (Å²) in [6, 6.07) is 0.754. The molecule has 112 valence electrons. The molecule has 0 saturated carbocycles. The summed E-state index contributed by atoms with van der Waals surface area (Å²) in [5.41, 5.74) is -0.772. The van der Waals surface area contributed by atoms with E-state index in [4.69, 9.17) is 0 Å². The number of carboxylic acids is 1. The molecule has 2 N–H and O–H groups in total. The second kappa shape index (κ2) is 7.85. The molecule has 0 spiro atoms. The molecule has 1 aliphatic rings. The first kappa shape index (κ1) is 16.4. The summed E-state index contributed by atoms with van der Waals surface area (Å²) in [7, 11) is 1.73. The largest absolute Gasteiger partial charge is 0.480 e. The van der Waals surface area contributed by atoms with Crippen LogP contribution >= 0.6 is 0 Å². The van der Waals surface area contributed by atoms with Gasteiger partial charge in [-0.15, -0.1) is 0 Å². The third-order valence-electron chi connectivity index (χ3n) is 4.62. The van der Waals surface area contributed by atoms with Crippen LogP contribution in [0.25, 0.3) is 0 Å². The fraction of sp³-hybridized carbons (Fsp3) is 0.933. The van der Waals surface area contributed by atoms with Gasteiger partial charge in [-0.2, -0.15) is 0 Å². The molecule has 19 heavy (non-hydrogen) atoms. The third-order valence-corrected chi connectivity index (χ3v) is 4.62. The molecule has 0 aliphatic carbocycles. The van der Waals surface area contributed by atoms with E-state index in [0.717, 1.165) is 25.4 Å². The molecule has 0 aromatic heterocycles. The predicted molar refractivity (Wildman–Crippen MR) is 78.5 cm³/mol. The number of likely N-dealkylation sites (N-methyl/N-ethyl adjacent to an activating group) is 1. The number of hydrogen-bond donors (Lipinski definition) is 2. The van der Waals surface area contributed by atoms with E-state index in [1.807, 2.05) is 0 Å². The first-order valence-electron chi connectivity index (χ1n) is 7.70. The van der Waals surface area contributed by atoms with Gasteiger partial charge >= 0.3 is 5.97 Å². The summed E-state index contributed by atoms with van der Waals surface area (Å²) in [5, 5.41) is 12.1. The van der Waals surface area contributed by atoms with Crippen LogP contribution in [0.4, 0.5) is 0 Å². The van der Waals surface area contributed by atoms with Crippen LogP contribution in [0.5, 0.6) is 0 Å². The Hall–Kier alpha value is -0.610. The van der Waals surface area contributed by atoms with Crippen molar-refractivity contribution in [3.8, 4) is 0 Å². The molecule has 1 aliphatic heterocycles. The van der Waals surface area contributed by atoms with E-state index in [-0.39, 0.29) is 0 Å². The number of aliphatic carboxylic acids is 1. The van der Waals surface area contributed by atoms with Crippen molar-refractivity contribution in [2.75, 3.05) is 20.1 Å². The number of unbranched alkanes of at least 4 members (excludes halogenated alkanes) is 1. The molecule has 0 aromatic rings. The van der Waals surface area contributed by atoms with Crippen LogP contribution in [0.3, 0.4) is 0 Å². The monoisotopic (exact) mass is 270 g/mol. The van der Waals surface area contributed by atoms with Crippen LogP contribution in [-0.4, -0.2) is 47.7 Å².